The molecule has 0 bridgehead atoms. The summed E-state index contributed by atoms with van der Waals surface area (Å²) >= 11 is 0. The van der Waals surface area contributed by atoms with E-state index in [4.69, 9.17) is 4.74 Å². The number of ketones is 1. The van der Waals surface area contributed by atoms with Crippen LogP contribution in [-0.4, -0.2) is 56.3 Å². The van der Waals surface area contributed by atoms with Crippen molar-refractivity contribution in [3.05, 3.63) is 53.4 Å². The van der Waals surface area contributed by atoms with Crippen molar-refractivity contribution in [2.24, 2.45) is 0 Å². The molecule has 0 saturated heterocycles. The number of allylic oxidation sites excluding steroid dienone is 1. The van der Waals surface area contributed by atoms with Gasteiger partial charge in [-0.25, -0.2) is 4.79 Å². The van der Waals surface area contributed by atoms with E-state index in [1.165, 1.54) is 6.20 Å². The quantitative estimate of drug-likeness (QED) is 0.333. The van der Waals surface area contributed by atoms with E-state index in [1.807, 2.05) is 45.3 Å². The second-order valence-corrected chi connectivity index (χ2v) is 5.93. The van der Waals surface area contributed by atoms with Gasteiger partial charge in [-0.1, -0.05) is 29.8 Å². The lowest BCUT2D eigenvalue weighted by molar-refractivity contribution is -0.139. The van der Waals surface area contributed by atoms with Crippen molar-refractivity contribution in [2.45, 2.75) is 13.8 Å². The van der Waals surface area contributed by atoms with Gasteiger partial charge in [0.25, 0.3) is 0 Å². The molecule has 0 saturated carbocycles. The Morgan fingerprint density at radius 3 is 2.00 bits per heavy atom. The van der Waals surface area contributed by atoms with E-state index in [2.05, 4.69) is 0 Å². The highest BCUT2D eigenvalue weighted by Gasteiger charge is 2.24. The van der Waals surface area contributed by atoms with Gasteiger partial charge >= 0.3 is 5.97 Å². The Labute approximate surface area is 144 Å². The Bertz CT molecular complexity index is 641. The van der Waals surface area contributed by atoms with Crippen molar-refractivity contribution in [2.75, 3.05) is 34.8 Å². The monoisotopic (exact) mass is 330 g/mol. The fraction of sp³-hybridized carbons (Fsp3) is 0.368. The molecule has 0 fully saturated rings. The van der Waals surface area contributed by atoms with E-state index in [9.17, 15) is 9.59 Å². The lowest BCUT2D eigenvalue weighted by Gasteiger charge is -2.15. The van der Waals surface area contributed by atoms with Crippen LogP contribution < -0.4 is 0 Å². The van der Waals surface area contributed by atoms with Gasteiger partial charge < -0.3 is 14.5 Å². The zero-order chi connectivity index (χ0) is 18.3. The first-order valence-electron chi connectivity index (χ1n) is 7.81. The molecule has 0 aromatic heterocycles. The third-order valence-corrected chi connectivity index (χ3v) is 3.12. The lowest BCUT2D eigenvalue weighted by atomic mass is 9.97. The molecule has 130 valence electrons. The summed E-state index contributed by atoms with van der Waals surface area (Å²) in [6.07, 6.45) is 3.22. The number of benzene rings is 1. The number of carbonyl (C=O) groups is 2. The summed E-state index contributed by atoms with van der Waals surface area (Å²) in [5.74, 6) is -0.979. The Kier molecular flexibility index (Phi) is 7.24. The second kappa shape index (κ2) is 8.91. The number of carbonyl (C=O) groups excluding carboxylic acids is 2. The maximum Gasteiger partial charge on any atom is 0.343 e. The van der Waals surface area contributed by atoms with Gasteiger partial charge in [0.05, 0.1) is 6.61 Å². The van der Waals surface area contributed by atoms with Crippen molar-refractivity contribution in [1.29, 1.82) is 0 Å². The van der Waals surface area contributed by atoms with Crippen LogP contribution in [0.5, 0.6) is 0 Å². The van der Waals surface area contributed by atoms with E-state index in [0.717, 1.165) is 11.1 Å². The minimum atomic E-state index is -0.618. The Hall–Kier alpha value is -2.56. The summed E-state index contributed by atoms with van der Waals surface area (Å²) in [6.45, 7) is 3.91. The molecule has 0 heterocycles. The van der Waals surface area contributed by atoms with E-state index in [-0.39, 0.29) is 18.0 Å². The average Bonchev–Trinajstić information content (AvgIpc) is 2.50. The number of hydrogen-bond donors (Lipinski definition) is 0. The first-order valence-corrected chi connectivity index (χ1v) is 7.81. The van der Waals surface area contributed by atoms with Crippen LogP contribution in [0.25, 0.3) is 5.57 Å². The molecule has 0 spiro atoms. The van der Waals surface area contributed by atoms with Gasteiger partial charge in [-0.2, -0.15) is 0 Å². The van der Waals surface area contributed by atoms with Crippen molar-refractivity contribution in [3.8, 4) is 0 Å². The number of rotatable bonds is 7. The number of ether oxygens (including phenoxy) is 1. The highest BCUT2D eigenvalue weighted by molar-refractivity contribution is 6.36. The summed E-state index contributed by atoms with van der Waals surface area (Å²) < 4.78 is 5.04. The Balaban J connectivity index is 3.36. The van der Waals surface area contributed by atoms with Crippen molar-refractivity contribution in [3.63, 3.8) is 0 Å². The van der Waals surface area contributed by atoms with E-state index < -0.39 is 5.97 Å². The molecule has 0 aliphatic carbocycles. The maximum atomic E-state index is 13.0. The largest absolute Gasteiger partial charge is 0.462 e. The molecule has 0 radical (unpaired) electrons. The van der Waals surface area contributed by atoms with Crippen molar-refractivity contribution in [1.82, 2.24) is 9.80 Å². The van der Waals surface area contributed by atoms with Gasteiger partial charge in [-0.15, -0.1) is 0 Å². The third-order valence-electron chi connectivity index (χ3n) is 3.12. The van der Waals surface area contributed by atoms with E-state index in [1.54, 1.807) is 37.0 Å². The number of esters is 1. The Morgan fingerprint density at radius 2 is 1.54 bits per heavy atom. The molecule has 0 aliphatic heterocycles. The number of hydrogen-bond acceptors (Lipinski definition) is 5. The van der Waals surface area contributed by atoms with Crippen LogP contribution in [0.15, 0.2) is 42.2 Å². The SMILES string of the molecule is CCOC(=O)C(=CN(C)C)C(=O)C(=CN(C)C)c1ccc(C)cc1. The summed E-state index contributed by atoms with van der Waals surface area (Å²) in [7, 11) is 7.18. The van der Waals surface area contributed by atoms with Crippen LogP contribution in [0.1, 0.15) is 18.1 Å². The van der Waals surface area contributed by atoms with Gasteiger partial charge in [0.2, 0.25) is 5.78 Å². The van der Waals surface area contributed by atoms with Gasteiger partial charge in [-0.05, 0) is 19.4 Å². The molecule has 0 atom stereocenters. The molecule has 24 heavy (non-hydrogen) atoms. The molecule has 1 rings (SSSR count). The molecule has 5 nitrogen and oxygen atoms in total. The molecular weight excluding hydrogens is 304 g/mol. The smallest absolute Gasteiger partial charge is 0.343 e. The van der Waals surface area contributed by atoms with Crippen LogP contribution in [0.2, 0.25) is 0 Å². The number of nitrogens with zero attached hydrogens (tertiary/aromatic N) is 2. The average molecular weight is 330 g/mol. The molecule has 5 heteroatoms. The van der Waals surface area contributed by atoms with Gasteiger partial charge in [0, 0.05) is 46.2 Å². The summed E-state index contributed by atoms with van der Waals surface area (Å²) in [5.41, 5.74) is 2.31. The molecule has 0 aliphatic rings. The summed E-state index contributed by atoms with van der Waals surface area (Å²) in [6, 6.07) is 7.62. The molecule has 0 unspecified atom stereocenters. The van der Waals surface area contributed by atoms with Crippen LogP contribution in [0.3, 0.4) is 0 Å². The van der Waals surface area contributed by atoms with E-state index in [0.29, 0.717) is 5.57 Å². The zero-order valence-electron chi connectivity index (χ0n) is 15.3. The minimum Gasteiger partial charge on any atom is -0.462 e. The standard InChI is InChI=1S/C19H26N2O3/c1-7-24-19(23)17(13-21(5)6)18(22)16(12-20(3)4)15-10-8-14(2)9-11-15/h8-13H,7H2,1-6H3. The lowest BCUT2D eigenvalue weighted by Crippen LogP contribution is -2.21. The van der Waals surface area contributed by atoms with Crippen LogP contribution >= 0.6 is 0 Å². The predicted molar refractivity (Wildman–Crippen MR) is 96.3 cm³/mol. The molecule has 0 N–H and O–H groups in total. The highest BCUT2D eigenvalue weighted by atomic mass is 16.5. The number of Topliss-reactive ketones (excluding diaryl/α,β-unsaturated/α-hetero) is 1. The summed E-state index contributed by atoms with van der Waals surface area (Å²) in [4.78, 5) is 28.7. The molecule has 0 amide bonds. The van der Waals surface area contributed by atoms with E-state index >= 15 is 0 Å². The Morgan fingerprint density at radius 1 is 1.00 bits per heavy atom. The third kappa shape index (κ3) is 5.57. The predicted octanol–water partition coefficient (Wildman–Crippen LogP) is 2.48. The molecule has 1 aromatic carbocycles. The second-order valence-electron chi connectivity index (χ2n) is 5.93. The summed E-state index contributed by atoms with van der Waals surface area (Å²) in [5, 5.41) is 0. The zero-order valence-corrected chi connectivity index (χ0v) is 15.3. The first kappa shape index (κ1) is 19.5. The van der Waals surface area contributed by atoms with Gasteiger partial charge in [0.15, 0.2) is 0 Å². The van der Waals surface area contributed by atoms with Crippen LogP contribution in [0, 0.1) is 6.92 Å². The fourth-order valence-electron chi connectivity index (χ4n) is 2.07. The van der Waals surface area contributed by atoms with Crippen LogP contribution in [0.4, 0.5) is 0 Å². The number of aryl methyl sites for hydroxylation is 1. The topological polar surface area (TPSA) is 49.9 Å². The highest BCUT2D eigenvalue weighted by Crippen LogP contribution is 2.21. The fourth-order valence-corrected chi connectivity index (χ4v) is 2.07. The van der Waals surface area contributed by atoms with Gasteiger partial charge in [0.1, 0.15) is 5.57 Å². The minimum absolute atomic E-state index is 0.00975. The van der Waals surface area contributed by atoms with Crippen LogP contribution in [-0.2, 0) is 14.3 Å². The first-order chi connectivity index (χ1) is 11.3. The maximum absolute atomic E-state index is 13.0. The molecule has 1 aromatic rings. The van der Waals surface area contributed by atoms with Crippen molar-refractivity contribution >= 4 is 17.3 Å². The van der Waals surface area contributed by atoms with Crippen molar-refractivity contribution < 1.29 is 14.3 Å². The molecular formula is C19H26N2O3. The normalized spacial score (nSPS) is 11.9. The van der Waals surface area contributed by atoms with Gasteiger partial charge in [-0.3, -0.25) is 4.79 Å².